The summed E-state index contributed by atoms with van der Waals surface area (Å²) in [5.41, 5.74) is 0.591. The van der Waals surface area contributed by atoms with Crippen molar-refractivity contribution in [2.24, 2.45) is 0 Å². The third-order valence-corrected chi connectivity index (χ3v) is 2.66. The number of pyridine rings is 1. The Balaban J connectivity index is 1.77. The van der Waals surface area contributed by atoms with Crippen LogP contribution < -0.4 is 5.32 Å². The normalized spacial score (nSPS) is 14.6. The van der Waals surface area contributed by atoms with Crippen molar-refractivity contribution < 1.29 is 4.79 Å². The van der Waals surface area contributed by atoms with E-state index in [0.29, 0.717) is 17.4 Å². The van der Waals surface area contributed by atoms with E-state index < -0.39 is 0 Å². The molecule has 0 unspecified atom stereocenters. The van der Waals surface area contributed by atoms with Crippen molar-refractivity contribution in [3.8, 4) is 5.82 Å². The summed E-state index contributed by atoms with van der Waals surface area (Å²) < 4.78 is 1.66. The minimum Gasteiger partial charge on any atom is -0.349 e. The summed E-state index contributed by atoms with van der Waals surface area (Å²) in [4.78, 5) is 15.9. The summed E-state index contributed by atoms with van der Waals surface area (Å²) in [5.74, 6) is 0.657. The Bertz CT molecular complexity index is 514. The molecule has 17 heavy (non-hydrogen) atoms. The molecule has 0 bridgehead atoms. The Hall–Kier alpha value is -2.17. The summed E-state index contributed by atoms with van der Waals surface area (Å²) >= 11 is 0. The Labute approximate surface area is 98.5 Å². The van der Waals surface area contributed by atoms with Crippen molar-refractivity contribution in [1.82, 2.24) is 20.1 Å². The van der Waals surface area contributed by atoms with Crippen LogP contribution in [0.25, 0.3) is 5.82 Å². The van der Waals surface area contributed by atoms with Crippen LogP contribution in [0.3, 0.4) is 0 Å². The van der Waals surface area contributed by atoms with Crippen molar-refractivity contribution >= 4 is 5.91 Å². The van der Waals surface area contributed by atoms with Crippen LogP contribution in [0.4, 0.5) is 0 Å². The van der Waals surface area contributed by atoms with E-state index in [0.717, 1.165) is 12.8 Å². The molecule has 1 amide bonds. The van der Waals surface area contributed by atoms with Gasteiger partial charge in [-0.15, -0.1) is 0 Å². The molecule has 0 spiro atoms. The predicted molar refractivity (Wildman–Crippen MR) is 61.8 cm³/mol. The van der Waals surface area contributed by atoms with E-state index in [1.54, 1.807) is 29.2 Å². The second kappa shape index (κ2) is 4.01. The van der Waals surface area contributed by atoms with Crippen LogP contribution in [0, 0.1) is 0 Å². The minimum absolute atomic E-state index is 0.0491. The Kier molecular flexibility index (Phi) is 2.36. The Morgan fingerprint density at radius 1 is 1.41 bits per heavy atom. The molecule has 2 aromatic rings. The highest BCUT2D eigenvalue weighted by molar-refractivity contribution is 5.94. The first-order valence-corrected chi connectivity index (χ1v) is 5.60. The first-order chi connectivity index (χ1) is 8.33. The molecule has 2 aromatic heterocycles. The number of carbonyl (C=O) groups excluding carboxylic acids is 1. The molecule has 5 heteroatoms. The van der Waals surface area contributed by atoms with Crippen molar-refractivity contribution in [2.45, 2.75) is 18.9 Å². The van der Waals surface area contributed by atoms with Gasteiger partial charge < -0.3 is 5.32 Å². The summed E-state index contributed by atoms with van der Waals surface area (Å²) in [6.07, 6.45) is 7.26. The summed E-state index contributed by atoms with van der Waals surface area (Å²) in [6, 6.07) is 5.75. The van der Waals surface area contributed by atoms with Crippen molar-refractivity contribution in [1.29, 1.82) is 0 Å². The van der Waals surface area contributed by atoms with Crippen molar-refractivity contribution in [3.05, 3.63) is 42.4 Å². The molecule has 1 aliphatic rings. The van der Waals surface area contributed by atoms with Gasteiger partial charge in [-0.25, -0.2) is 9.67 Å². The predicted octanol–water partition coefficient (Wildman–Crippen LogP) is 1.16. The largest absolute Gasteiger partial charge is 0.349 e. The third-order valence-electron chi connectivity index (χ3n) is 2.66. The van der Waals surface area contributed by atoms with Crippen LogP contribution in [0.1, 0.15) is 23.2 Å². The zero-order valence-corrected chi connectivity index (χ0v) is 9.21. The van der Waals surface area contributed by atoms with Crippen LogP contribution >= 0.6 is 0 Å². The van der Waals surface area contributed by atoms with Gasteiger partial charge in [-0.05, 0) is 31.0 Å². The average molecular weight is 228 g/mol. The van der Waals surface area contributed by atoms with Gasteiger partial charge in [0.2, 0.25) is 0 Å². The molecule has 0 saturated heterocycles. The SMILES string of the molecule is O=C(NC1CC1)c1ccc(-n2cccn2)nc1. The number of hydrogen-bond donors (Lipinski definition) is 1. The van der Waals surface area contributed by atoms with Gasteiger partial charge in [-0.3, -0.25) is 4.79 Å². The van der Waals surface area contributed by atoms with Gasteiger partial charge in [-0.1, -0.05) is 0 Å². The van der Waals surface area contributed by atoms with E-state index in [9.17, 15) is 4.79 Å². The zero-order chi connectivity index (χ0) is 11.7. The quantitative estimate of drug-likeness (QED) is 0.857. The van der Waals surface area contributed by atoms with E-state index in [-0.39, 0.29) is 5.91 Å². The molecular formula is C12H12N4O. The standard InChI is InChI=1S/C12H12N4O/c17-12(15-10-3-4-10)9-2-5-11(13-8-9)16-7-1-6-14-16/h1-2,5-8,10H,3-4H2,(H,15,17). The Morgan fingerprint density at radius 3 is 2.88 bits per heavy atom. The first-order valence-electron chi connectivity index (χ1n) is 5.60. The summed E-state index contributed by atoms with van der Waals surface area (Å²) in [5, 5.41) is 7.00. The van der Waals surface area contributed by atoms with E-state index in [1.807, 2.05) is 12.3 Å². The molecule has 0 aromatic carbocycles. The van der Waals surface area contributed by atoms with Crippen LogP contribution in [0.15, 0.2) is 36.8 Å². The number of hydrogen-bond acceptors (Lipinski definition) is 3. The minimum atomic E-state index is -0.0491. The fourth-order valence-electron chi connectivity index (χ4n) is 1.56. The maximum absolute atomic E-state index is 11.7. The molecule has 1 fully saturated rings. The molecule has 1 N–H and O–H groups in total. The fourth-order valence-corrected chi connectivity index (χ4v) is 1.56. The van der Waals surface area contributed by atoms with Gasteiger partial charge in [0.25, 0.3) is 5.91 Å². The van der Waals surface area contributed by atoms with E-state index in [2.05, 4.69) is 15.4 Å². The molecular weight excluding hydrogens is 216 g/mol. The van der Waals surface area contributed by atoms with Gasteiger partial charge in [0.1, 0.15) is 0 Å². The fraction of sp³-hybridized carbons (Fsp3) is 0.250. The third kappa shape index (κ3) is 2.18. The van der Waals surface area contributed by atoms with E-state index >= 15 is 0 Å². The highest BCUT2D eigenvalue weighted by atomic mass is 16.1. The van der Waals surface area contributed by atoms with Gasteiger partial charge in [0.05, 0.1) is 5.56 Å². The number of nitrogens with one attached hydrogen (secondary N) is 1. The first kappa shape index (κ1) is 10.0. The highest BCUT2D eigenvalue weighted by Crippen LogP contribution is 2.19. The topological polar surface area (TPSA) is 59.8 Å². The van der Waals surface area contributed by atoms with Gasteiger partial charge in [-0.2, -0.15) is 5.10 Å². The van der Waals surface area contributed by atoms with Crippen LogP contribution in [-0.4, -0.2) is 26.7 Å². The Morgan fingerprint density at radius 2 is 2.29 bits per heavy atom. The maximum Gasteiger partial charge on any atom is 0.253 e. The lowest BCUT2D eigenvalue weighted by Gasteiger charge is -2.04. The van der Waals surface area contributed by atoms with Crippen molar-refractivity contribution in [3.63, 3.8) is 0 Å². The monoisotopic (exact) mass is 228 g/mol. The second-order valence-corrected chi connectivity index (χ2v) is 4.10. The maximum atomic E-state index is 11.7. The smallest absolute Gasteiger partial charge is 0.253 e. The van der Waals surface area contributed by atoms with E-state index in [1.165, 1.54) is 0 Å². The van der Waals surface area contributed by atoms with Gasteiger partial charge in [0, 0.05) is 24.6 Å². The van der Waals surface area contributed by atoms with Crippen LogP contribution in [-0.2, 0) is 0 Å². The van der Waals surface area contributed by atoms with Crippen molar-refractivity contribution in [2.75, 3.05) is 0 Å². The zero-order valence-electron chi connectivity index (χ0n) is 9.21. The molecule has 2 heterocycles. The molecule has 0 radical (unpaired) electrons. The summed E-state index contributed by atoms with van der Waals surface area (Å²) in [6.45, 7) is 0. The lowest BCUT2D eigenvalue weighted by atomic mass is 10.2. The lowest BCUT2D eigenvalue weighted by molar-refractivity contribution is 0.0950. The van der Waals surface area contributed by atoms with Crippen LogP contribution in [0.5, 0.6) is 0 Å². The molecule has 0 aliphatic heterocycles. The molecule has 1 aliphatic carbocycles. The van der Waals surface area contributed by atoms with E-state index in [4.69, 9.17) is 0 Å². The number of nitrogens with zero attached hydrogens (tertiary/aromatic N) is 3. The van der Waals surface area contributed by atoms with Crippen LogP contribution in [0.2, 0.25) is 0 Å². The summed E-state index contributed by atoms with van der Waals surface area (Å²) in [7, 11) is 0. The number of carbonyl (C=O) groups is 1. The number of aromatic nitrogens is 3. The molecule has 0 atom stereocenters. The molecule has 5 nitrogen and oxygen atoms in total. The molecule has 3 rings (SSSR count). The van der Waals surface area contributed by atoms with Gasteiger partial charge >= 0.3 is 0 Å². The molecule has 86 valence electrons. The second-order valence-electron chi connectivity index (χ2n) is 4.10. The lowest BCUT2D eigenvalue weighted by Crippen LogP contribution is -2.25. The van der Waals surface area contributed by atoms with Gasteiger partial charge in [0.15, 0.2) is 5.82 Å². The number of amides is 1. The average Bonchev–Trinajstić information content (AvgIpc) is 3.00. The highest BCUT2D eigenvalue weighted by Gasteiger charge is 2.23. The molecule has 1 saturated carbocycles. The number of rotatable bonds is 3.